The first-order chi connectivity index (χ1) is 7.68. The van der Waals surface area contributed by atoms with Crippen LogP contribution in [0, 0.1) is 0 Å². The highest BCUT2D eigenvalue weighted by Crippen LogP contribution is 2.26. The van der Waals surface area contributed by atoms with Crippen molar-refractivity contribution in [1.29, 1.82) is 0 Å². The zero-order valence-electron chi connectivity index (χ0n) is 8.00. The van der Waals surface area contributed by atoms with Crippen molar-refractivity contribution in [3.05, 3.63) is 45.7 Å². The summed E-state index contributed by atoms with van der Waals surface area (Å²) in [6.07, 6.45) is 3.18. The molecule has 1 amide bonds. The van der Waals surface area contributed by atoms with Crippen LogP contribution in [-0.2, 0) is 0 Å². The SMILES string of the molecule is O=C(Nc1ncc[nH]1)c1cccc(Br)c1Cl. The minimum absolute atomic E-state index is 0.304. The van der Waals surface area contributed by atoms with Crippen LogP contribution in [-0.4, -0.2) is 15.9 Å². The van der Waals surface area contributed by atoms with E-state index in [4.69, 9.17) is 11.6 Å². The number of hydrogen-bond donors (Lipinski definition) is 2. The number of carbonyl (C=O) groups is 1. The molecule has 1 aromatic carbocycles. The number of carbonyl (C=O) groups excluding carboxylic acids is 1. The normalized spacial score (nSPS) is 10.1. The Hall–Kier alpha value is -1.33. The molecule has 6 heteroatoms. The number of rotatable bonds is 2. The van der Waals surface area contributed by atoms with Crippen molar-refractivity contribution in [1.82, 2.24) is 9.97 Å². The predicted molar refractivity (Wildman–Crippen MR) is 65.7 cm³/mol. The molecule has 0 aliphatic heterocycles. The molecule has 0 spiro atoms. The van der Waals surface area contributed by atoms with Gasteiger partial charge in [-0.1, -0.05) is 17.7 Å². The molecule has 0 atom stereocenters. The Morgan fingerprint density at radius 1 is 1.50 bits per heavy atom. The number of imidazole rings is 1. The molecule has 1 heterocycles. The zero-order chi connectivity index (χ0) is 11.5. The molecular formula is C10H7BrClN3O. The van der Waals surface area contributed by atoms with E-state index in [0.717, 1.165) is 0 Å². The summed E-state index contributed by atoms with van der Waals surface area (Å²) < 4.78 is 0.682. The zero-order valence-corrected chi connectivity index (χ0v) is 10.3. The average Bonchev–Trinajstić information content (AvgIpc) is 2.74. The quantitative estimate of drug-likeness (QED) is 0.895. The van der Waals surface area contributed by atoms with E-state index in [2.05, 4.69) is 31.2 Å². The minimum atomic E-state index is -0.304. The Bertz CT molecular complexity index is 513. The second-order valence-electron chi connectivity index (χ2n) is 2.99. The maximum Gasteiger partial charge on any atom is 0.259 e. The van der Waals surface area contributed by atoms with E-state index in [1.807, 2.05) is 0 Å². The molecule has 0 fully saturated rings. The molecule has 2 aromatic rings. The van der Waals surface area contributed by atoms with E-state index >= 15 is 0 Å². The molecule has 2 rings (SSSR count). The van der Waals surface area contributed by atoms with Crippen LogP contribution in [0.25, 0.3) is 0 Å². The number of hydrogen-bond acceptors (Lipinski definition) is 2. The molecule has 1 aromatic heterocycles. The number of halogens is 2. The topological polar surface area (TPSA) is 57.8 Å². The number of benzene rings is 1. The molecule has 0 bridgehead atoms. The fraction of sp³-hybridized carbons (Fsp3) is 0. The Labute approximate surface area is 105 Å². The van der Waals surface area contributed by atoms with Gasteiger partial charge < -0.3 is 4.98 Å². The summed E-state index contributed by atoms with van der Waals surface area (Å²) in [6.45, 7) is 0. The van der Waals surface area contributed by atoms with Crippen LogP contribution >= 0.6 is 27.5 Å². The molecule has 0 saturated heterocycles. The standard InChI is InChI=1S/C10H7BrClN3O/c11-7-3-1-2-6(8(7)12)9(16)15-10-13-4-5-14-10/h1-5H,(H2,13,14,15,16). The summed E-state index contributed by atoms with van der Waals surface area (Å²) in [5.41, 5.74) is 0.396. The summed E-state index contributed by atoms with van der Waals surface area (Å²) in [5, 5.41) is 2.98. The lowest BCUT2D eigenvalue weighted by Crippen LogP contribution is -2.13. The summed E-state index contributed by atoms with van der Waals surface area (Å²) in [7, 11) is 0. The fourth-order valence-electron chi connectivity index (χ4n) is 1.19. The smallest absolute Gasteiger partial charge is 0.259 e. The third-order valence-corrected chi connectivity index (χ3v) is 3.22. The second-order valence-corrected chi connectivity index (χ2v) is 4.23. The van der Waals surface area contributed by atoms with E-state index in [-0.39, 0.29) is 5.91 Å². The second kappa shape index (κ2) is 4.67. The highest BCUT2D eigenvalue weighted by molar-refractivity contribution is 9.10. The largest absolute Gasteiger partial charge is 0.331 e. The molecule has 82 valence electrons. The van der Waals surface area contributed by atoms with E-state index in [0.29, 0.717) is 21.0 Å². The third kappa shape index (κ3) is 2.25. The Kier molecular flexibility index (Phi) is 3.26. The van der Waals surface area contributed by atoms with Crippen molar-refractivity contribution in [3.8, 4) is 0 Å². The van der Waals surface area contributed by atoms with Crippen LogP contribution in [0.4, 0.5) is 5.95 Å². The number of aromatic amines is 1. The highest BCUT2D eigenvalue weighted by atomic mass is 79.9. The van der Waals surface area contributed by atoms with Gasteiger partial charge in [0.2, 0.25) is 5.95 Å². The maximum absolute atomic E-state index is 11.8. The maximum atomic E-state index is 11.8. The highest BCUT2D eigenvalue weighted by Gasteiger charge is 2.12. The molecular weight excluding hydrogens is 293 g/mol. The number of amides is 1. The summed E-state index contributed by atoms with van der Waals surface area (Å²) >= 11 is 9.25. The number of aromatic nitrogens is 2. The Balaban J connectivity index is 2.24. The summed E-state index contributed by atoms with van der Waals surface area (Å²) in [4.78, 5) is 18.5. The van der Waals surface area contributed by atoms with Gasteiger partial charge in [-0.2, -0.15) is 0 Å². The van der Waals surface area contributed by atoms with E-state index in [1.165, 1.54) is 0 Å². The van der Waals surface area contributed by atoms with Gasteiger partial charge in [0.1, 0.15) is 0 Å². The van der Waals surface area contributed by atoms with E-state index in [1.54, 1.807) is 30.6 Å². The van der Waals surface area contributed by atoms with Crippen molar-refractivity contribution in [2.24, 2.45) is 0 Å². The van der Waals surface area contributed by atoms with Crippen molar-refractivity contribution in [3.63, 3.8) is 0 Å². The van der Waals surface area contributed by atoms with Gasteiger partial charge in [-0.05, 0) is 28.1 Å². The molecule has 0 aliphatic rings. The van der Waals surface area contributed by atoms with Crippen LogP contribution < -0.4 is 5.32 Å². The molecule has 0 saturated carbocycles. The van der Waals surface area contributed by atoms with Gasteiger partial charge in [0.15, 0.2) is 0 Å². The number of H-pyrrole nitrogens is 1. The molecule has 0 radical (unpaired) electrons. The lowest BCUT2D eigenvalue weighted by atomic mass is 10.2. The van der Waals surface area contributed by atoms with Gasteiger partial charge in [0, 0.05) is 16.9 Å². The molecule has 0 aliphatic carbocycles. The van der Waals surface area contributed by atoms with Crippen LogP contribution in [0.15, 0.2) is 35.1 Å². The Morgan fingerprint density at radius 2 is 2.31 bits per heavy atom. The van der Waals surface area contributed by atoms with Gasteiger partial charge in [-0.25, -0.2) is 4.98 Å². The first-order valence-corrected chi connectivity index (χ1v) is 5.60. The van der Waals surface area contributed by atoms with Gasteiger partial charge >= 0.3 is 0 Å². The molecule has 4 nitrogen and oxygen atoms in total. The van der Waals surface area contributed by atoms with Crippen molar-refractivity contribution >= 4 is 39.4 Å². The van der Waals surface area contributed by atoms with Gasteiger partial charge in [0.25, 0.3) is 5.91 Å². The van der Waals surface area contributed by atoms with Gasteiger partial charge in [-0.15, -0.1) is 0 Å². The molecule has 0 unspecified atom stereocenters. The van der Waals surface area contributed by atoms with Crippen LogP contribution in [0.2, 0.25) is 5.02 Å². The first-order valence-electron chi connectivity index (χ1n) is 4.43. The number of anilines is 1. The van der Waals surface area contributed by atoms with Crippen molar-refractivity contribution in [2.75, 3.05) is 5.32 Å². The lowest BCUT2D eigenvalue weighted by Gasteiger charge is -2.05. The van der Waals surface area contributed by atoms with Crippen LogP contribution in [0.3, 0.4) is 0 Å². The first kappa shape index (κ1) is 11.2. The van der Waals surface area contributed by atoms with E-state index in [9.17, 15) is 4.79 Å². The summed E-state index contributed by atoms with van der Waals surface area (Å²) in [6, 6.07) is 5.16. The number of nitrogens with one attached hydrogen (secondary N) is 2. The summed E-state index contributed by atoms with van der Waals surface area (Å²) in [5.74, 6) is 0.0855. The monoisotopic (exact) mass is 299 g/mol. The number of nitrogens with zero attached hydrogens (tertiary/aromatic N) is 1. The minimum Gasteiger partial charge on any atom is -0.331 e. The van der Waals surface area contributed by atoms with Gasteiger partial charge in [0.05, 0.1) is 10.6 Å². The lowest BCUT2D eigenvalue weighted by molar-refractivity contribution is 0.102. The Morgan fingerprint density at radius 3 is 3.00 bits per heavy atom. The van der Waals surface area contributed by atoms with Crippen LogP contribution in [0.1, 0.15) is 10.4 Å². The van der Waals surface area contributed by atoms with Crippen molar-refractivity contribution in [2.45, 2.75) is 0 Å². The molecule has 16 heavy (non-hydrogen) atoms. The van der Waals surface area contributed by atoms with Gasteiger partial charge in [-0.3, -0.25) is 10.1 Å². The van der Waals surface area contributed by atoms with Crippen molar-refractivity contribution < 1.29 is 4.79 Å². The predicted octanol–water partition coefficient (Wildman–Crippen LogP) is 3.08. The average molecular weight is 301 g/mol. The third-order valence-electron chi connectivity index (χ3n) is 1.93. The van der Waals surface area contributed by atoms with Crippen LogP contribution in [0.5, 0.6) is 0 Å². The fourth-order valence-corrected chi connectivity index (χ4v) is 1.77. The van der Waals surface area contributed by atoms with E-state index < -0.39 is 0 Å². The molecule has 2 N–H and O–H groups in total.